The molecular formula is C25H33NO2. The van der Waals surface area contributed by atoms with E-state index >= 15 is 0 Å². The lowest BCUT2D eigenvalue weighted by Crippen LogP contribution is -2.35. The van der Waals surface area contributed by atoms with Gasteiger partial charge in [0, 0.05) is 12.1 Å². The van der Waals surface area contributed by atoms with Crippen molar-refractivity contribution in [1.82, 2.24) is 4.90 Å². The lowest BCUT2D eigenvalue weighted by molar-refractivity contribution is 0.176. The van der Waals surface area contributed by atoms with E-state index in [1.54, 1.807) is 0 Å². The van der Waals surface area contributed by atoms with Crippen molar-refractivity contribution >= 4 is 0 Å². The summed E-state index contributed by atoms with van der Waals surface area (Å²) in [5.74, 6) is 1.60. The van der Waals surface area contributed by atoms with Crippen molar-refractivity contribution in [1.29, 1.82) is 0 Å². The highest BCUT2D eigenvalue weighted by atomic mass is 16.5. The number of rotatable bonds is 7. The third-order valence-corrected chi connectivity index (χ3v) is 5.72. The molecule has 0 radical (unpaired) electrons. The fourth-order valence-electron chi connectivity index (χ4n) is 3.98. The van der Waals surface area contributed by atoms with Crippen molar-refractivity contribution in [2.75, 3.05) is 19.7 Å². The molecule has 1 aliphatic rings. The van der Waals surface area contributed by atoms with Crippen molar-refractivity contribution in [2.45, 2.75) is 52.5 Å². The number of benzene rings is 1. The van der Waals surface area contributed by atoms with E-state index in [1.807, 2.05) is 19.1 Å². The van der Waals surface area contributed by atoms with Crippen LogP contribution in [0.3, 0.4) is 0 Å². The van der Waals surface area contributed by atoms with E-state index in [-0.39, 0.29) is 5.43 Å². The zero-order valence-electron chi connectivity index (χ0n) is 17.5. The highest BCUT2D eigenvalue weighted by Gasteiger charge is 2.20. The van der Waals surface area contributed by atoms with Crippen LogP contribution in [0.4, 0.5) is 0 Å². The van der Waals surface area contributed by atoms with Gasteiger partial charge in [0.2, 0.25) is 5.43 Å². The Morgan fingerprint density at radius 1 is 1.07 bits per heavy atom. The molecule has 1 fully saturated rings. The van der Waals surface area contributed by atoms with Gasteiger partial charge in [0.1, 0.15) is 0 Å². The second kappa shape index (κ2) is 9.88. The Morgan fingerprint density at radius 3 is 2.43 bits per heavy atom. The fraction of sp³-hybridized carbons (Fsp3) is 0.480. The Morgan fingerprint density at radius 2 is 1.79 bits per heavy atom. The van der Waals surface area contributed by atoms with Crippen molar-refractivity contribution in [3.05, 3.63) is 75.4 Å². The Bertz CT molecular complexity index is 808. The fourth-order valence-corrected chi connectivity index (χ4v) is 3.98. The number of piperidine rings is 1. The largest absolute Gasteiger partial charge is 0.490 e. The van der Waals surface area contributed by atoms with Crippen LogP contribution >= 0.6 is 0 Å². The lowest BCUT2D eigenvalue weighted by Gasteiger charge is -2.31. The summed E-state index contributed by atoms with van der Waals surface area (Å²) in [6.07, 6.45) is 3.54. The Labute approximate surface area is 169 Å². The molecule has 0 aliphatic carbocycles. The average Bonchev–Trinajstić information content (AvgIpc) is 2.85. The molecule has 1 saturated heterocycles. The first-order valence-electron chi connectivity index (χ1n) is 10.6. The summed E-state index contributed by atoms with van der Waals surface area (Å²) in [7, 11) is 0. The predicted molar refractivity (Wildman–Crippen MR) is 116 cm³/mol. The van der Waals surface area contributed by atoms with Gasteiger partial charge < -0.3 is 4.74 Å². The maximum Gasteiger partial charge on any atom is 0.224 e. The normalized spacial score (nSPS) is 15.7. The maximum absolute atomic E-state index is 13.0. The van der Waals surface area contributed by atoms with E-state index in [0.717, 1.165) is 36.6 Å². The van der Waals surface area contributed by atoms with E-state index in [0.29, 0.717) is 24.8 Å². The van der Waals surface area contributed by atoms with Crippen LogP contribution in [0, 0.1) is 5.92 Å². The summed E-state index contributed by atoms with van der Waals surface area (Å²) < 4.78 is 5.67. The average molecular weight is 380 g/mol. The van der Waals surface area contributed by atoms with Crippen molar-refractivity contribution in [3.63, 3.8) is 0 Å². The number of likely N-dealkylation sites (tertiary alicyclic amines) is 1. The molecule has 0 bridgehead atoms. The van der Waals surface area contributed by atoms with Crippen LogP contribution in [0.2, 0.25) is 0 Å². The van der Waals surface area contributed by atoms with Crippen LogP contribution in [0.1, 0.15) is 56.2 Å². The van der Waals surface area contributed by atoms with E-state index in [1.165, 1.54) is 18.4 Å². The maximum atomic E-state index is 13.0. The Kier molecular flexibility index (Phi) is 7.27. The van der Waals surface area contributed by atoms with Crippen LogP contribution < -0.4 is 10.2 Å². The molecule has 2 aromatic carbocycles. The monoisotopic (exact) mass is 379 g/mol. The van der Waals surface area contributed by atoms with Crippen LogP contribution in [0.25, 0.3) is 0 Å². The molecule has 0 atom stereocenters. The minimum Gasteiger partial charge on any atom is -0.490 e. The molecule has 3 rings (SSSR count). The van der Waals surface area contributed by atoms with Gasteiger partial charge >= 0.3 is 0 Å². The van der Waals surface area contributed by atoms with E-state index < -0.39 is 0 Å². The molecule has 150 valence electrons. The van der Waals surface area contributed by atoms with E-state index in [4.69, 9.17) is 4.74 Å². The van der Waals surface area contributed by atoms with Gasteiger partial charge in [0.15, 0.2) is 5.75 Å². The predicted octanol–water partition coefficient (Wildman–Crippen LogP) is 5.02. The molecule has 3 nitrogen and oxygen atoms in total. The first-order valence-corrected chi connectivity index (χ1v) is 10.6. The lowest BCUT2D eigenvalue weighted by atomic mass is 9.90. The molecule has 3 heteroatoms. The molecular weight excluding hydrogens is 346 g/mol. The summed E-state index contributed by atoms with van der Waals surface area (Å²) in [4.78, 5) is 15.4. The highest BCUT2D eigenvalue weighted by Crippen LogP contribution is 2.23. The quantitative estimate of drug-likeness (QED) is 0.676. The Hall–Kier alpha value is -2.13. The van der Waals surface area contributed by atoms with Crippen LogP contribution in [0.15, 0.2) is 53.3 Å². The van der Waals surface area contributed by atoms with Gasteiger partial charge in [-0.25, -0.2) is 0 Å². The molecule has 2 aromatic rings. The number of nitrogens with zero attached hydrogens (tertiary/aromatic N) is 1. The van der Waals surface area contributed by atoms with Crippen molar-refractivity contribution in [3.8, 4) is 5.75 Å². The number of ether oxygens (including phenoxy) is 1. The van der Waals surface area contributed by atoms with Gasteiger partial charge in [0.25, 0.3) is 0 Å². The van der Waals surface area contributed by atoms with Crippen LogP contribution in [0.5, 0.6) is 5.75 Å². The molecule has 0 N–H and O–H groups in total. The second-order valence-electron chi connectivity index (χ2n) is 8.19. The standard InChI is InChI=1S/C25H33NO2/c1-4-28-24-17-22(19(2)3)10-11-23(25(24)27)18-26-14-12-21(13-15-26)16-20-8-6-5-7-9-20/h5-11,17,19,21H,4,12-16,18H2,1-3H3. The smallest absolute Gasteiger partial charge is 0.224 e. The number of hydrogen-bond acceptors (Lipinski definition) is 3. The second-order valence-corrected chi connectivity index (χ2v) is 8.19. The summed E-state index contributed by atoms with van der Waals surface area (Å²) in [6.45, 7) is 9.55. The molecule has 0 saturated carbocycles. The summed E-state index contributed by atoms with van der Waals surface area (Å²) in [5, 5.41) is 0. The van der Waals surface area contributed by atoms with E-state index in [9.17, 15) is 4.79 Å². The van der Waals surface area contributed by atoms with E-state index in [2.05, 4.69) is 55.1 Å². The first-order chi connectivity index (χ1) is 13.6. The topological polar surface area (TPSA) is 29.5 Å². The molecule has 0 spiro atoms. The summed E-state index contributed by atoms with van der Waals surface area (Å²) in [6, 6.07) is 16.8. The molecule has 0 amide bonds. The molecule has 28 heavy (non-hydrogen) atoms. The highest BCUT2D eigenvalue weighted by molar-refractivity contribution is 5.33. The third-order valence-electron chi connectivity index (χ3n) is 5.72. The number of hydrogen-bond donors (Lipinski definition) is 0. The van der Waals surface area contributed by atoms with Gasteiger partial charge in [0.05, 0.1) is 6.61 Å². The zero-order chi connectivity index (χ0) is 19.9. The third kappa shape index (κ3) is 5.45. The van der Waals surface area contributed by atoms with Gasteiger partial charge in [-0.1, -0.05) is 56.3 Å². The Balaban J connectivity index is 1.66. The molecule has 1 aliphatic heterocycles. The molecule has 0 aromatic heterocycles. The SMILES string of the molecule is CCOc1cc(C(C)C)ccc(CN2CCC(Cc3ccccc3)CC2)c1=O. The van der Waals surface area contributed by atoms with Crippen LogP contribution in [-0.2, 0) is 13.0 Å². The molecule has 1 heterocycles. The minimum absolute atomic E-state index is 0.0418. The van der Waals surface area contributed by atoms with Crippen LogP contribution in [-0.4, -0.2) is 24.6 Å². The minimum atomic E-state index is 0.0418. The van der Waals surface area contributed by atoms with Gasteiger partial charge in [-0.15, -0.1) is 0 Å². The van der Waals surface area contributed by atoms with Gasteiger partial charge in [-0.3, -0.25) is 9.69 Å². The molecule has 0 unspecified atom stereocenters. The van der Waals surface area contributed by atoms with Crippen molar-refractivity contribution < 1.29 is 4.74 Å². The zero-order valence-corrected chi connectivity index (χ0v) is 17.5. The first kappa shape index (κ1) is 20.6. The van der Waals surface area contributed by atoms with Crippen molar-refractivity contribution in [2.24, 2.45) is 5.92 Å². The summed E-state index contributed by atoms with van der Waals surface area (Å²) in [5.41, 5.74) is 3.46. The van der Waals surface area contributed by atoms with Gasteiger partial charge in [-0.05, 0) is 68.3 Å². The van der Waals surface area contributed by atoms with Gasteiger partial charge in [-0.2, -0.15) is 0 Å². The summed E-state index contributed by atoms with van der Waals surface area (Å²) >= 11 is 0.